The quantitative estimate of drug-likeness (QED) is 0.501. The van der Waals surface area contributed by atoms with E-state index in [-0.39, 0.29) is 5.91 Å². The van der Waals surface area contributed by atoms with Crippen molar-refractivity contribution in [2.24, 2.45) is 0 Å². The van der Waals surface area contributed by atoms with Crippen molar-refractivity contribution in [2.75, 3.05) is 56.6 Å². The van der Waals surface area contributed by atoms with Crippen LogP contribution in [0.3, 0.4) is 0 Å². The molecular weight excluding hydrogens is 468 g/mol. The van der Waals surface area contributed by atoms with Crippen LogP contribution in [0.2, 0.25) is 5.02 Å². The van der Waals surface area contributed by atoms with Gasteiger partial charge in [-0.05, 0) is 40.0 Å². The summed E-state index contributed by atoms with van der Waals surface area (Å²) >= 11 is 6.33. The summed E-state index contributed by atoms with van der Waals surface area (Å²) < 4.78 is 7.46. The zero-order chi connectivity index (χ0) is 24.8. The largest absolute Gasteiger partial charge is 0.379 e. The van der Waals surface area contributed by atoms with Crippen molar-refractivity contribution in [3.8, 4) is 0 Å². The molecule has 2 fully saturated rings. The molecule has 4 heterocycles. The molecule has 4 rings (SSSR count). The van der Waals surface area contributed by atoms with Crippen LogP contribution in [-0.4, -0.2) is 87.4 Å². The first-order valence-electron chi connectivity index (χ1n) is 12.6. The zero-order valence-corrected chi connectivity index (χ0v) is 21.7. The summed E-state index contributed by atoms with van der Waals surface area (Å²) in [5, 5.41) is 11.8. The zero-order valence-electron chi connectivity index (χ0n) is 21.0. The Labute approximate surface area is 212 Å². The van der Waals surface area contributed by atoms with E-state index in [4.69, 9.17) is 21.4 Å². The second kappa shape index (κ2) is 12.0. The minimum Gasteiger partial charge on any atom is -0.379 e. The van der Waals surface area contributed by atoms with Crippen LogP contribution in [0.4, 0.5) is 17.5 Å². The highest BCUT2D eigenvalue weighted by atomic mass is 35.5. The molecule has 35 heavy (non-hydrogen) atoms. The van der Waals surface area contributed by atoms with Gasteiger partial charge in [-0.2, -0.15) is 10.1 Å². The molecule has 2 aliphatic heterocycles. The van der Waals surface area contributed by atoms with Crippen molar-refractivity contribution in [1.82, 2.24) is 29.5 Å². The fraction of sp³-hybridized carbons (Fsp3) is 0.667. The molecule has 192 valence electrons. The minimum atomic E-state index is 0.149. The topological polar surface area (TPSA) is 100 Å². The van der Waals surface area contributed by atoms with Crippen LogP contribution in [0.1, 0.15) is 51.3 Å². The van der Waals surface area contributed by atoms with Gasteiger partial charge in [-0.15, -0.1) is 0 Å². The van der Waals surface area contributed by atoms with E-state index in [1.54, 1.807) is 6.20 Å². The first-order chi connectivity index (χ1) is 16.9. The number of rotatable bonds is 9. The maximum atomic E-state index is 12.1. The number of piperidine rings is 1. The van der Waals surface area contributed by atoms with Gasteiger partial charge in [-0.3, -0.25) is 9.48 Å². The van der Waals surface area contributed by atoms with E-state index in [1.165, 1.54) is 0 Å². The smallest absolute Gasteiger partial charge is 0.229 e. The van der Waals surface area contributed by atoms with E-state index >= 15 is 0 Å². The van der Waals surface area contributed by atoms with Crippen molar-refractivity contribution >= 4 is 35.0 Å². The predicted octanol–water partition coefficient (Wildman–Crippen LogP) is 3.47. The molecule has 11 heteroatoms. The lowest BCUT2D eigenvalue weighted by Gasteiger charge is -2.34. The van der Waals surface area contributed by atoms with E-state index in [9.17, 15) is 4.79 Å². The highest BCUT2D eigenvalue weighted by Crippen LogP contribution is 2.27. The van der Waals surface area contributed by atoms with Gasteiger partial charge in [-0.1, -0.05) is 11.6 Å². The molecule has 2 saturated heterocycles. The van der Waals surface area contributed by atoms with Gasteiger partial charge < -0.3 is 25.2 Å². The number of aryl methyl sites for hydroxylation is 1. The molecule has 0 unspecified atom stereocenters. The Kier molecular flexibility index (Phi) is 8.80. The summed E-state index contributed by atoms with van der Waals surface area (Å²) in [5.74, 6) is 1.19. The Balaban J connectivity index is 1.31. The first-order valence-corrected chi connectivity index (χ1v) is 13.0. The van der Waals surface area contributed by atoms with Crippen LogP contribution in [0, 0.1) is 6.92 Å². The Morgan fingerprint density at radius 3 is 2.80 bits per heavy atom. The molecule has 0 atom stereocenters. The second-order valence-corrected chi connectivity index (χ2v) is 9.91. The van der Waals surface area contributed by atoms with E-state index < -0.39 is 0 Å². The summed E-state index contributed by atoms with van der Waals surface area (Å²) in [7, 11) is 0. The summed E-state index contributed by atoms with van der Waals surface area (Å²) in [4.78, 5) is 25.4. The monoisotopic (exact) mass is 504 g/mol. The lowest BCUT2D eigenvalue weighted by atomic mass is 10.0. The number of nitrogens with zero attached hydrogens (tertiary/aromatic N) is 6. The molecule has 2 aliphatic rings. The van der Waals surface area contributed by atoms with E-state index in [0.717, 1.165) is 43.7 Å². The Bertz CT molecular complexity index is 990. The third-order valence-corrected chi connectivity index (χ3v) is 7.00. The molecular formula is C24H37ClN8O2. The van der Waals surface area contributed by atoms with Crippen LogP contribution < -0.4 is 10.6 Å². The molecule has 0 radical (unpaired) electrons. The SMILES string of the molecule is Cc1nn(C2CCN(C(C)C)CC2)cc1Nc1ncc(Cl)c(NCCCN2CCOCCC2=O)n1. The number of halogens is 1. The molecule has 2 aromatic rings. The minimum absolute atomic E-state index is 0.149. The number of carbonyl (C=O) groups is 1. The van der Waals surface area contributed by atoms with Crippen LogP contribution in [-0.2, 0) is 9.53 Å². The van der Waals surface area contributed by atoms with Crippen molar-refractivity contribution in [3.63, 3.8) is 0 Å². The number of ether oxygens (including phenoxy) is 1. The molecule has 0 aliphatic carbocycles. The molecule has 0 saturated carbocycles. The van der Waals surface area contributed by atoms with Crippen LogP contribution in [0.25, 0.3) is 0 Å². The number of nitrogens with one attached hydrogen (secondary N) is 2. The molecule has 0 spiro atoms. The molecule has 1 amide bonds. The molecule has 2 N–H and O–H groups in total. The summed E-state index contributed by atoms with van der Waals surface area (Å²) in [6.45, 7) is 11.8. The number of likely N-dealkylation sites (tertiary alicyclic amines) is 1. The van der Waals surface area contributed by atoms with Gasteiger partial charge in [-0.25, -0.2) is 4.98 Å². The standard InChI is InChI=1S/C24H37ClN8O2/c1-17(2)31-10-5-19(6-11-31)33-16-21(18(3)30-33)28-24-27-15-20(25)23(29-24)26-8-4-9-32-12-14-35-13-7-22(32)34/h15-17,19H,4-14H2,1-3H3,(H2,26,27,28,29). The maximum Gasteiger partial charge on any atom is 0.229 e. The summed E-state index contributed by atoms with van der Waals surface area (Å²) in [5.41, 5.74) is 1.81. The van der Waals surface area contributed by atoms with Crippen LogP contribution in [0.5, 0.6) is 0 Å². The van der Waals surface area contributed by atoms with Crippen molar-refractivity contribution in [2.45, 2.75) is 58.5 Å². The molecule has 0 aromatic carbocycles. The van der Waals surface area contributed by atoms with Gasteiger partial charge in [0.2, 0.25) is 11.9 Å². The third kappa shape index (κ3) is 6.83. The van der Waals surface area contributed by atoms with Gasteiger partial charge in [0.05, 0.1) is 43.3 Å². The Hall–Kier alpha value is -2.43. The first kappa shape index (κ1) is 25.7. The second-order valence-electron chi connectivity index (χ2n) is 9.51. The average molecular weight is 505 g/mol. The van der Waals surface area contributed by atoms with Gasteiger partial charge in [0.1, 0.15) is 10.8 Å². The highest BCUT2D eigenvalue weighted by molar-refractivity contribution is 6.32. The van der Waals surface area contributed by atoms with E-state index in [1.807, 2.05) is 11.8 Å². The predicted molar refractivity (Wildman–Crippen MR) is 137 cm³/mol. The number of hydrogen-bond acceptors (Lipinski definition) is 8. The molecule has 0 bridgehead atoms. The van der Waals surface area contributed by atoms with Crippen molar-refractivity contribution < 1.29 is 9.53 Å². The van der Waals surface area contributed by atoms with Crippen LogP contribution >= 0.6 is 11.6 Å². The number of carbonyl (C=O) groups excluding carboxylic acids is 1. The maximum absolute atomic E-state index is 12.1. The number of aromatic nitrogens is 4. The summed E-state index contributed by atoms with van der Waals surface area (Å²) in [6.07, 6.45) is 7.08. The normalized spacial score (nSPS) is 18.2. The lowest BCUT2D eigenvalue weighted by Crippen LogP contribution is -2.39. The number of hydrogen-bond donors (Lipinski definition) is 2. The van der Waals surface area contributed by atoms with E-state index in [0.29, 0.717) is 68.1 Å². The van der Waals surface area contributed by atoms with E-state index in [2.05, 4.69) is 50.2 Å². The fourth-order valence-electron chi connectivity index (χ4n) is 4.56. The number of amides is 1. The van der Waals surface area contributed by atoms with Gasteiger partial charge >= 0.3 is 0 Å². The van der Waals surface area contributed by atoms with Crippen LogP contribution in [0.15, 0.2) is 12.4 Å². The van der Waals surface area contributed by atoms with Crippen molar-refractivity contribution in [1.29, 1.82) is 0 Å². The lowest BCUT2D eigenvalue weighted by molar-refractivity contribution is -0.130. The number of anilines is 3. The molecule has 10 nitrogen and oxygen atoms in total. The fourth-order valence-corrected chi connectivity index (χ4v) is 4.72. The van der Waals surface area contributed by atoms with Gasteiger partial charge in [0, 0.05) is 45.0 Å². The highest BCUT2D eigenvalue weighted by Gasteiger charge is 2.23. The third-order valence-electron chi connectivity index (χ3n) is 6.73. The van der Waals surface area contributed by atoms with Gasteiger partial charge in [0.15, 0.2) is 0 Å². The Morgan fingerprint density at radius 1 is 1.23 bits per heavy atom. The summed E-state index contributed by atoms with van der Waals surface area (Å²) in [6, 6.07) is 0.995. The Morgan fingerprint density at radius 2 is 2.03 bits per heavy atom. The van der Waals surface area contributed by atoms with Crippen molar-refractivity contribution in [3.05, 3.63) is 23.1 Å². The average Bonchev–Trinajstić information content (AvgIpc) is 3.08. The molecule has 2 aromatic heterocycles. The van der Waals surface area contributed by atoms with Gasteiger partial charge in [0.25, 0.3) is 0 Å².